The summed E-state index contributed by atoms with van der Waals surface area (Å²) in [6.45, 7) is 1.81. The maximum atomic E-state index is 13.0. The molecule has 0 bridgehead atoms. The average molecular weight is 353 g/mol. The van der Waals surface area contributed by atoms with Gasteiger partial charge in [0.15, 0.2) is 5.69 Å². The van der Waals surface area contributed by atoms with Crippen LogP contribution in [-0.4, -0.2) is 10.9 Å². The summed E-state index contributed by atoms with van der Waals surface area (Å²) in [5.74, 6) is -0.377. The van der Waals surface area contributed by atoms with Crippen LogP contribution in [0.5, 0.6) is 0 Å². The molecule has 3 N–H and O–H groups in total. The van der Waals surface area contributed by atoms with Gasteiger partial charge in [0.1, 0.15) is 12.1 Å². The number of halogens is 1. The van der Waals surface area contributed by atoms with Gasteiger partial charge in [-0.25, -0.2) is 9.37 Å². The van der Waals surface area contributed by atoms with Crippen LogP contribution in [0.25, 0.3) is 0 Å². The predicted octanol–water partition coefficient (Wildman–Crippen LogP) is 3.55. The Morgan fingerprint density at radius 1 is 1.19 bits per heavy atom. The third kappa shape index (κ3) is 4.34. The smallest absolute Gasteiger partial charge is 0.273 e. The minimum absolute atomic E-state index is 0.164. The van der Waals surface area contributed by atoms with Gasteiger partial charge in [-0.15, -0.1) is 0 Å². The van der Waals surface area contributed by atoms with Crippen LogP contribution in [-0.2, 0) is 6.42 Å². The van der Waals surface area contributed by atoms with Gasteiger partial charge >= 0.3 is 0 Å². The normalized spacial score (nSPS) is 13.2. The van der Waals surface area contributed by atoms with E-state index in [9.17, 15) is 9.18 Å². The summed E-state index contributed by atoms with van der Waals surface area (Å²) in [6, 6.07) is 15.0. The maximum absolute atomic E-state index is 13.0. The molecule has 3 aromatic rings. The molecule has 3 rings (SSSR count). The van der Waals surface area contributed by atoms with E-state index in [1.165, 1.54) is 18.4 Å². The van der Waals surface area contributed by atoms with Crippen molar-refractivity contribution < 1.29 is 13.6 Å². The average Bonchev–Trinajstić information content (AvgIpc) is 3.13. The summed E-state index contributed by atoms with van der Waals surface area (Å²) in [7, 11) is 0. The van der Waals surface area contributed by atoms with Crippen LogP contribution in [0.3, 0.4) is 0 Å². The van der Waals surface area contributed by atoms with E-state index in [1.807, 2.05) is 37.3 Å². The van der Waals surface area contributed by atoms with Gasteiger partial charge in [-0.05, 0) is 36.6 Å². The van der Waals surface area contributed by atoms with Gasteiger partial charge in [0.25, 0.3) is 5.91 Å². The molecular weight excluding hydrogens is 333 g/mol. The molecule has 1 heterocycles. The Morgan fingerprint density at radius 3 is 2.58 bits per heavy atom. The first-order valence-electron chi connectivity index (χ1n) is 8.34. The Hall–Kier alpha value is -2.99. The number of benzene rings is 2. The number of hydrogen-bond acceptors (Lipinski definition) is 4. The van der Waals surface area contributed by atoms with Crippen LogP contribution < -0.4 is 11.1 Å². The second-order valence-electron chi connectivity index (χ2n) is 6.11. The summed E-state index contributed by atoms with van der Waals surface area (Å²) in [6.07, 6.45) is 1.86. The molecule has 2 atom stereocenters. The van der Waals surface area contributed by atoms with Crippen LogP contribution in [0.15, 0.2) is 65.3 Å². The van der Waals surface area contributed by atoms with E-state index < -0.39 is 6.04 Å². The van der Waals surface area contributed by atoms with Crippen molar-refractivity contribution in [1.82, 2.24) is 10.3 Å². The van der Waals surface area contributed by atoms with Crippen molar-refractivity contribution in [3.05, 3.63) is 89.4 Å². The van der Waals surface area contributed by atoms with E-state index in [0.29, 0.717) is 12.3 Å². The lowest BCUT2D eigenvalue weighted by Crippen LogP contribution is -2.27. The molecule has 0 spiro atoms. The number of hydrogen-bond donors (Lipinski definition) is 2. The van der Waals surface area contributed by atoms with Gasteiger partial charge in [0, 0.05) is 0 Å². The molecule has 2 unspecified atom stereocenters. The number of nitrogens with two attached hydrogens (primary N) is 1. The third-order valence-electron chi connectivity index (χ3n) is 4.09. The van der Waals surface area contributed by atoms with Crippen LogP contribution in [0.4, 0.5) is 4.39 Å². The molecule has 1 aromatic heterocycles. The molecular formula is C20H20FN3O2. The van der Waals surface area contributed by atoms with Gasteiger partial charge in [-0.3, -0.25) is 4.79 Å². The van der Waals surface area contributed by atoms with Crippen molar-refractivity contribution in [1.29, 1.82) is 0 Å². The van der Waals surface area contributed by atoms with E-state index >= 15 is 0 Å². The van der Waals surface area contributed by atoms with E-state index in [4.69, 9.17) is 10.2 Å². The van der Waals surface area contributed by atoms with Crippen LogP contribution in [0.1, 0.15) is 46.5 Å². The molecule has 2 aromatic carbocycles. The van der Waals surface area contributed by atoms with Crippen molar-refractivity contribution in [3.8, 4) is 0 Å². The van der Waals surface area contributed by atoms with Crippen LogP contribution in [0.2, 0.25) is 0 Å². The van der Waals surface area contributed by atoms with Crippen LogP contribution >= 0.6 is 0 Å². The molecule has 0 fully saturated rings. The lowest BCUT2D eigenvalue weighted by Gasteiger charge is -2.13. The van der Waals surface area contributed by atoms with Crippen molar-refractivity contribution in [2.45, 2.75) is 25.4 Å². The minimum Gasteiger partial charge on any atom is -0.446 e. The standard InChI is InChI=1S/C20H20FN3O2/c1-13(15-7-9-16(21)10-8-15)23-19(25)18-12-26-20(24-18)17(22)11-14-5-3-2-4-6-14/h2-10,12-13,17H,11,22H2,1H3,(H,23,25). The first-order valence-corrected chi connectivity index (χ1v) is 8.34. The highest BCUT2D eigenvalue weighted by Gasteiger charge is 2.19. The molecule has 0 aliphatic carbocycles. The molecule has 1 amide bonds. The zero-order valence-corrected chi connectivity index (χ0v) is 14.4. The Kier molecular flexibility index (Phi) is 5.43. The van der Waals surface area contributed by atoms with Crippen molar-refractivity contribution in [2.24, 2.45) is 5.73 Å². The fraction of sp³-hybridized carbons (Fsp3) is 0.200. The fourth-order valence-corrected chi connectivity index (χ4v) is 2.62. The Morgan fingerprint density at radius 2 is 1.88 bits per heavy atom. The summed E-state index contributed by atoms with van der Waals surface area (Å²) < 4.78 is 18.4. The number of carbonyl (C=O) groups excluding carboxylic acids is 1. The zero-order valence-electron chi connectivity index (χ0n) is 14.4. The first kappa shape index (κ1) is 17.8. The number of nitrogens with zero attached hydrogens (tertiary/aromatic N) is 1. The van der Waals surface area contributed by atoms with Crippen molar-refractivity contribution >= 4 is 5.91 Å². The molecule has 26 heavy (non-hydrogen) atoms. The Bertz CT molecular complexity index is 862. The van der Waals surface area contributed by atoms with Crippen LogP contribution in [0, 0.1) is 5.82 Å². The molecule has 0 saturated heterocycles. The minimum atomic E-state index is -0.437. The fourth-order valence-electron chi connectivity index (χ4n) is 2.62. The predicted molar refractivity (Wildman–Crippen MR) is 95.9 cm³/mol. The molecule has 0 aliphatic rings. The largest absolute Gasteiger partial charge is 0.446 e. The second-order valence-corrected chi connectivity index (χ2v) is 6.11. The van der Waals surface area contributed by atoms with Gasteiger partial charge in [0.05, 0.1) is 12.1 Å². The van der Waals surface area contributed by atoms with Gasteiger partial charge < -0.3 is 15.5 Å². The zero-order chi connectivity index (χ0) is 18.5. The Labute approximate surface area is 151 Å². The number of rotatable bonds is 6. The topological polar surface area (TPSA) is 81.2 Å². The highest BCUT2D eigenvalue weighted by molar-refractivity contribution is 5.92. The maximum Gasteiger partial charge on any atom is 0.273 e. The third-order valence-corrected chi connectivity index (χ3v) is 4.09. The molecule has 0 aliphatic heterocycles. The number of carbonyl (C=O) groups is 1. The van der Waals surface area contributed by atoms with E-state index in [0.717, 1.165) is 11.1 Å². The van der Waals surface area contributed by atoms with Gasteiger partial charge in [0.2, 0.25) is 5.89 Å². The monoisotopic (exact) mass is 353 g/mol. The second kappa shape index (κ2) is 7.93. The SMILES string of the molecule is CC(NC(=O)c1coc(C(N)Cc2ccccc2)n1)c1ccc(F)cc1. The molecule has 0 saturated carbocycles. The van der Waals surface area contributed by atoms with Gasteiger partial charge in [-0.1, -0.05) is 42.5 Å². The summed E-state index contributed by atoms with van der Waals surface area (Å²) in [5, 5.41) is 2.81. The van der Waals surface area contributed by atoms with Crippen molar-refractivity contribution in [3.63, 3.8) is 0 Å². The highest BCUT2D eigenvalue weighted by Crippen LogP contribution is 2.17. The Balaban J connectivity index is 1.63. The highest BCUT2D eigenvalue weighted by atomic mass is 19.1. The summed E-state index contributed by atoms with van der Waals surface area (Å²) in [5.41, 5.74) is 8.15. The quantitative estimate of drug-likeness (QED) is 0.710. The molecule has 6 heteroatoms. The summed E-state index contributed by atoms with van der Waals surface area (Å²) >= 11 is 0. The number of oxazole rings is 1. The van der Waals surface area contributed by atoms with Crippen molar-refractivity contribution in [2.75, 3.05) is 0 Å². The van der Waals surface area contributed by atoms with E-state index in [-0.39, 0.29) is 23.5 Å². The van der Waals surface area contributed by atoms with E-state index in [1.54, 1.807) is 12.1 Å². The first-order chi connectivity index (χ1) is 12.5. The lowest BCUT2D eigenvalue weighted by atomic mass is 10.1. The lowest BCUT2D eigenvalue weighted by molar-refractivity contribution is 0.0935. The molecule has 0 radical (unpaired) electrons. The van der Waals surface area contributed by atoms with Gasteiger partial charge in [-0.2, -0.15) is 0 Å². The molecule has 134 valence electrons. The molecule has 5 nitrogen and oxygen atoms in total. The number of nitrogens with one attached hydrogen (secondary N) is 1. The summed E-state index contributed by atoms with van der Waals surface area (Å²) in [4.78, 5) is 16.5. The number of amides is 1. The number of aromatic nitrogens is 1. The van der Waals surface area contributed by atoms with E-state index in [2.05, 4.69) is 10.3 Å².